The predicted octanol–water partition coefficient (Wildman–Crippen LogP) is 2.01. The Labute approximate surface area is 128 Å². The van der Waals surface area contributed by atoms with E-state index in [1.807, 2.05) is 35.9 Å². The van der Waals surface area contributed by atoms with E-state index < -0.39 is 5.54 Å². The van der Waals surface area contributed by atoms with E-state index >= 15 is 0 Å². The Morgan fingerprint density at radius 1 is 1.23 bits per heavy atom. The van der Waals surface area contributed by atoms with Gasteiger partial charge in [0.05, 0.1) is 12.2 Å². The van der Waals surface area contributed by atoms with Crippen molar-refractivity contribution in [3.63, 3.8) is 0 Å². The molecule has 2 aromatic heterocycles. The largest absolute Gasteiger partial charge is 0.325 e. The van der Waals surface area contributed by atoms with Crippen molar-refractivity contribution in [1.29, 1.82) is 0 Å². The van der Waals surface area contributed by atoms with Crippen molar-refractivity contribution in [2.45, 2.75) is 44.7 Å². The van der Waals surface area contributed by atoms with Gasteiger partial charge in [-0.25, -0.2) is 9.78 Å². The van der Waals surface area contributed by atoms with Crippen LogP contribution in [-0.4, -0.2) is 31.8 Å². The first kappa shape index (κ1) is 13.3. The molecule has 114 valence electrons. The summed E-state index contributed by atoms with van der Waals surface area (Å²) < 4.78 is 1.93. The van der Waals surface area contributed by atoms with Crippen LogP contribution in [0.4, 0.5) is 4.79 Å². The summed E-state index contributed by atoms with van der Waals surface area (Å²) in [6.45, 7) is 2.24. The zero-order chi connectivity index (χ0) is 15.3. The molecule has 1 aliphatic carbocycles. The fraction of sp³-hybridized carbons (Fsp3) is 0.438. The second kappa shape index (κ2) is 4.56. The molecule has 3 heterocycles. The van der Waals surface area contributed by atoms with Gasteiger partial charge in [-0.3, -0.25) is 9.69 Å². The molecule has 1 spiro atoms. The highest BCUT2D eigenvalue weighted by Gasteiger charge is 2.52. The molecule has 1 aliphatic heterocycles. The summed E-state index contributed by atoms with van der Waals surface area (Å²) >= 11 is 0. The third-order valence-corrected chi connectivity index (χ3v) is 4.67. The summed E-state index contributed by atoms with van der Waals surface area (Å²) in [5, 5.41) is 2.90. The average molecular weight is 298 g/mol. The molecule has 1 N–H and O–H groups in total. The van der Waals surface area contributed by atoms with E-state index in [0.29, 0.717) is 0 Å². The zero-order valence-corrected chi connectivity index (χ0v) is 12.5. The summed E-state index contributed by atoms with van der Waals surface area (Å²) in [4.78, 5) is 30.6. The molecule has 2 aromatic rings. The average Bonchev–Trinajstić information content (AvgIpc) is 3.15. The highest BCUT2D eigenvalue weighted by atomic mass is 16.2. The first-order chi connectivity index (χ1) is 10.6. The molecule has 3 amide bonds. The molecule has 22 heavy (non-hydrogen) atoms. The van der Waals surface area contributed by atoms with Gasteiger partial charge in [0.2, 0.25) is 0 Å². The Morgan fingerprint density at radius 2 is 2.00 bits per heavy atom. The van der Waals surface area contributed by atoms with Crippen LogP contribution in [0.1, 0.15) is 36.9 Å². The Balaban J connectivity index is 1.61. The predicted molar refractivity (Wildman–Crippen MR) is 80.2 cm³/mol. The number of urea groups is 1. The fourth-order valence-corrected chi connectivity index (χ4v) is 3.53. The van der Waals surface area contributed by atoms with E-state index in [0.717, 1.165) is 42.6 Å². The number of aromatic nitrogens is 2. The third-order valence-electron chi connectivity index (χ3n) is 4.67. The van der Waals surface area contributed by atoms with Gasteiger partial charge in [-0.2, -0.15) is 0 Å². The Kier molecular flexibility index (Phi) is 2.76. The molecular formula is C16H18N4O2. The molecule has 2 fully saturated rings. The van der Waals surface area contributed by atoms with E-state index in [4.69, 9.17) is 0 Å². The molecule has 0 atom stereocenters. The van der Waals surface area contributed by atoms with Crippen molar-refractivity contribution < 1.29 is 9.59 Å². The molecule has 0 unspecified atom stereocenters. The second-order valence-corrected chi connectivity index (χ2v) is 6.31. The smallest absolute Gasteiger partial charge is 0.323 e. The number of rotatable bonds is 2. The van der Waals surface area contributed by atoms with Gasteiger partial charge in [-0.05, 0) is 31.4 Å². The summed E-state index contributed by atoms with van der Waals surface area (Å²) in [5.74, 6) is -0.0942. The lowest BCUT2D eigenvalue weighted by Crippen LogP contribution is -2.44. The number of nitrogens with one attached hydrogen (secondary N) is 1. The van der Waals surface area contributed by atoms with Gasteiger partial charge in [0.15, 0.2) is 0 Å². The van der Waals surface area contributed by atoms with Crippen LogP contribution in [-0.2, 0) is 11.3 Å². The maximum absolute atomic E-state index is 12.6. The van der Waals surface area contributed by atoms with Crippen LogP contribution < -0.4 is 5.32 Å². The van der Waals surface area contributed by atoms with Crippen LogP contribution in [0.5, 0.6) is 0 Å². The van der Waals surface area contributed by atoms with Crippen LogP contribution in [0.15, 0.2) is 24.5 Å². The monoisotopic (exact) mass is 298 g/mol. The fourth-order valence-electron chi connectivity index (χ4n) is 3.53. The van der Waals surface area contributed by atoms with Crippen LogP contribution in [0.2, 0.25) is 0 Å². The van der Waals surface area contributed by atoms with Crippen LogP contribution in [0.3, 0.4) is 0 Å². The minimum Gasteiger partial charge on any atom is -0.323 e. The topological polar surface area (TPSA) is 66.7 Å². The summed E-state index contributed by atoms with van der Waals surface area (Å²) in [6.07, 6.45) is 7.34. The maximum Gasteiger partial charge on any atom is 0.325 e. The molecule has 6 heteroatoms. The quantitative estimate of drug-likeness (QED) is 0.862. The third kappa shape index (κ3) is 1.90. The van der Waals surface area contributed by atoms with Crippen molar-refractivity contribution in [3.05, 3.63) is 35.8 Å². The first-order valence-corrected chi connectivity index (χ1v) is 7.66. The van der Waals surface area contributed by atoms with Crippen molar-refractivity contribution >= 4 is 17.6 Å². The number of hydrogen-bond acceptors (Lipinski definition) is 3. The van der Waals surface area contributed by atoms with Gasteiger partial charge in [-0.1, -0.05) is 18.9 Å². The molecule has 1 saturated carbocycles. The van der Waals surface area contributed by atoms with Gasteiger partial charge in [0.25, 0.3) is 5.91 Å². The van der Waals surface area contributed by atoms with Gasteiger partial charge < -0.3 is 9.72 Å². The van der Waals surface area contributed by atoms with E-state index in [-0.39, 0.29) is 18.5 Å². The van der Waals surface area contributed by atoms with Crippen molar-refractivity contribution in [1.82, 2.24) is 19.6 Å². The number of pyridine rings is 1. The lowest BCUT2D eigenvalue weighted by Gasteiger charge is -2.19. The molecule has 1 saturated heterocycles. The summed E-state index contributed by atoms with van der Waals surface area (Å²) in [6, 6.07) is 3.64. The van der Waals surface area contributed by atoms with Gasteiger partial charge in [0.1, 0.15) is 11.2 Å². The summed E-state index contributed by atoms with van der Waals surface area (Å²) in [5.41, 5.74) is 2.04. The van der Waals surface area contributed by atoms with Gasteiger partial charge in [-0.15, -0.1) is 0 Å². The lowest BCUT2D eigenvalue weighted by molar-refractivity contribution is -0.131. The number of fused-ring (bicyclic) bond motifs is 1. The van der Waals surface area contributed by atoms with E-state index in [1.54, 1.807) is 0 Å². The number of hydrogen-bond donors (Lipinski definition) is 1. The molecule has 4 rings (SSSR count). The zero-order valence-electron chi connectivity index (χ0n) is 12.5. The number of imidazole rings is 1. The number of nitrogens with zero attached hydrogens (tertiary/aromatic N) is 3. The Hall–Kier alpha value is -2.37. The Morgan fingerprint density at radius 3 is 2.77 bits per heavy atom. The van der Waals surface area contributed by atoms with E-state index in [2.05, 4.69) is 10.3 Å². The van der Waals surface area contributed by atoms with Gasteiger partial charge >= 0.3 is 6.03 Å². The SMILES string of the molecule is Cc1ccc2nc(CN3C(=O)NC4(CCCC4)C3=O)cn2c1. The standard InChI is InChI=1S/C16H18N4O2/c1-11-4-5-13-17-12(9-19(13)8-11)10-20-14(21)16(18-15(20)22)6-2-3-7-16/h4-5,8-9H,2-3,6-7,10H2,1H3,(H,18,22). The molecular weight excluding hydrogens is 280 g/mol. The normalized spacial score (nSPS) is 20.3. The number of carbonyl (C=O) groups excluding carboxylic acids is 2. The van der Waals surface area contributed by atoms with Crippen LogP contribution in [0, 0.1) is 6.92 Å². The second-order valence-electron chi connectivity index (χ2n) is 6.31. The highest BCUT2D eigenvalue weighted by molar-refractivity contribution is 6.07. The number of imide groups is 1. The molecule has 0 radical (unpaired) electrons. The van der Waals surface area contributed by atoms with Crippen molar-refractivity contribution in [3.8, 4) is 0 Å². The molecule has 2 aliphatic rings. The molecule has 6 nitrogen and oxygen atoms in total. The van der Waals surface area contributed by atoms with E-state index in [1.165, 1.54) is 4.90 Å². The Bertz CT molecular complexity index is 774. The number of carbonyl (C=O) groups is 2. The van der Waals surface area contributed by atoms with Crippen molar-refractivity contribution in [2.24, 2.45) is 0 Å². The maximum atomic E-state index is 12.6. The highest BCUT2D eigenvalue weighted by Crippen LogP contribution is 2.35. The van der Waals surface area contributed by atoms with Crippen LogP contribution in [0.25, 0.3) is 5.65 Å². The van der Waals surface area contributed by atoms with E-state index in [9.17, 15) is 9.59 Å². The number of aryl methyl sites for hydroxylation is 1. The molecule has 0 bridgehead atoms. The first-order valence-electron chi connectivity index (χ1n) is 7.66. The minimum absolute atomic E-state index is 0.0942. The number of amides is 3. The summed E-state index contributed by atoms with van der Waals surface area (Å²) in [7, 11) is 0. The minimum atomic E-state index is -0.646. The van der Waals surface area contributed by atoms with Crippen LogP contribution >= 0.6 is 0 Å². The van der Waals surface area contributed by atoms with Gasteiger partial charge in [0, 0.05) is 12.4 Å². The van der Waals surface area contributed by atoms with Crippen molar-refractivity contribution in [2.75, 3.05) is 0 Å². The lowest BCUT2D eigenvalue weighted by atomic mass is 9.98. The molecule has 0 aromatic carbocycles.